The number of piperazine rings is 1. The zero-order valence-electron chi connectivity index (χ0n) is 12.9. The summed E-state index contributed by atoms with van der Waals surface area (Å²) in [5, 5.41) is 0. The lowest BCUT2D eigenvalue weighted by atomic mass is 9.98. The number of amides is 1. The van der Waals surface area contributed by atoms with Crippen LogP contribution >= 0.6 is 0 Å². The molecule has 0 radical (unpaired) electrons. The van der Waals surface area contributed by atoms with Gasteiger partial charge in [-0.05, 0) is 32.6 Å². The average molecular weight is 269 g/mol. The number of nitrogens with one attached hydrogen (secondary N) is 2. The zero-order chi connectivity index (χ0) is 13.8. The summed E-state index contributed by atoms with van der Waals surface area (Å²) in [7, 11) is 0. The molecule has 0 spiro atoms. The molecule has 4 heteroatoms. The van der Waals surface area contributed by atoms with Gasteiger partial charge in [-0.25, -0.2) is 0 Å². The maximum atomic E-state index is 12.6. The van der Waals surface area contributed by atoms with E-state index in [0.29, 0.717) is 5.91 Å². The van der Waals surface area contributed by atoms with E-state index in [4.69, 9.17) is 0 Å². The second kappa shape index (κ2) is 6.71. The van der Waals surface area contributed by atoms with Crippen LogP contribution in [0.5, 0.6) is 0 Å². The Morgan fingerprint density at radius 2 is 1.79 bits per heavy atom. The van der Waals surface area contributed by atoms with Crippen LogP contribution in [0.25, 0.3) is 0 Å². The summed E-state index contributed by atoms with van der Waals surface area (Å²) in [5.41, 5.74) is 0. The van der Waals surface area contributed by atoms with Crippen molar-refractivity contribution in [3.05, 3.63) is 0 Å². The molecule has 2 rings (SSSR count). The number of hydrogen-bond donors (Lipinski definition) is 2. The fourth-order valence-electron chi connectivity index (χ4n) is 3.39. The Morgan fingerprint density at radius 1 is 1.21 bits per heavy atom. The van der Waals surface area contributed by atoms with Crippen LogP contribution in [0.3, 0.4) is 0 Å². The molecule has 0 aromatic rings. The lowest BCUT2D eigenvalue weighted by Gasteiger charge is -2.36. The van der Waals surface area contributed by atoms with E-state index >= 15 is 0 Å². The van der Waals surface area contributed by atoms with Gasteiger partial charge in [0.1, 0.15) is 26.2 Å². The van der Waals surface area contributed by atoms with E-state index in [0.717, 1.165) is 32.1 Å². The lowest BCUT2D eigenvalue weighted by Crippen LogP contribution is -3.29. The van der Waals surface area contributed by atoms with E-state index < -0.39 is 0 Å². The Labute approximate surface area is 117 Å². The third kappa shape index (κ3) is 3.69. The van der Waals surface area contributed by atoms with Crippen LogP contribution in [-0.2, 0) is 4.79 Å². The highest BCUT2D eigenvalue weighted by molar-refractivity contribution is 5.80. The second-order valence-corrected chi connectivity index (χ2v) is 6.49. The van der Waals surface area contributed by atoms with Gasteiger partial charge in [0, 0.05) is 13.1 Å². The Kier molecular flexibility index (Phi) is 5.22. The Hall–Kier alpha value is -0.610. The van der Waals surface area contributed by atoms with Gasteiger partial charge in [-0.3, -0.25) is 4.79 Å². The predicted molar refractivity (Wildman–Crippen MR) is 76.4 cm³/mol. The molecule has 2 aliphatic heterocycles. The number of carbonyl (C=O) groups excluding carboxylic acids is 1. The number of quaternary nitrogens is 2. The number of rotatable bonds is 3. The molecule has 110 valence electrons. The van der Waals surface area contributed by atoms with Gasteiger partial charge in [-0.15, -0.1) is 0 Å². The van der Waals surface area contributed by atoms with Gasteiger partial charge in [0.15, 0.2) is 6.04 Å². The number of likely N-dealkylation sites (N-methyl/N-ethyl adjacent to an activating group) is 1. The van der Waals surface area contributed by atoms with E-state index in [1.54, 1.807) is 4.90 Å². The molecule has 0 bridgehead atoms. The average Bonchev–Trinajstić information content (AvgIpc) is 2.46. The van der Waals surface area contributed by atoms with Crippen molar-refractivity contribution < 1.29 is 14.6 Å². The minimum absolute atomic E-state index is 0.159. The minimum atomic E-state index is 0.159. The third-order valence-electron chi connectivity index (χ3n) is 5.18. The number of hydrogen-bond acceptors (Lipinski definition) is 1. The van der Waals surface area contributed by atoms with Crippen molar-refractivity contribution >= 4 is 5.91 Å². The quantitative estimate of drug-likeness (QED) is 0.637. The van der Waals surface area contributed by atoms with Crippen LogP contribution in [-0.4, -0.2) is 62.7 Å². The molecule has 0 aliphatic carbocycles. The molecule has 0 unspecified atom stereocenters. The fraction of sp³-hybridized carbons (Fsp3) is 0.933. The largest absolute Gasteiger partial charge is 0.338 e. The normalized spacial score (nSPS) is 31.2. The lowest BCUT2D eigenvalue weighted by molar-refractivity contribution is -1.02. The van der Waals surface area contributed by atoms with Crippen molar-refractivity contribution in [2.75, 3.05) is 45.8 Å². The Bertz CT molecular complexity index is 292. The number of likely N-dealkylation sites (tertiary alicyclic amines) is 1. The van der Waals surface area contributed by atoms with Crippen LogP contribution < -0.4 is 9.80 Å². The number of piperidine rings is 1. The van der Waals surface area contributed by atoms with Gasteiger partial charge in [-0.2, -0.15) is 0 Å². The van der Waals surface area contributed by atoms with E-state index in [1.165, 1.54) is 37.4 Å². The summed E-state index contributed by atoms with van der Waals surface area (Å²) in [6.45, 7) is 14.6. The van der Waals surface area contributed by atoms with Gasteiger partial charge in [-0.1, -0.05) is 6.92 Å². The van der Waals surface area contributed by atoms with Gasteiger partial charge in [0.2, 0.25) is 0 Å². The predicted octanol–water partition coefficient (Wildman–Crippen LogP) is -1.56. The summed E-state index contributed by atoms with van der Waals surface area (Å²) >= 11 is 0. The molecule has 0 aromatic carbocycles. The van der Waals surface area contributed by atoms with Crippen LogP contribution in [0, 0.1) is 5.92 Å². The fourth-order valence-corrected chi connectivity index (χ4v) is 3.39. The van der Waals surface area contributed by atoms with Gasteiger partial charge in [0.25, 0.3) is 5.91 Å². The maximum absolute atomic E-state index is 12.6. The maximum Gasteiger partial charge on any atom is 0.280 e. The van der Waals surface area contributed by atoms with Crippen LogP contribution in [0.1, 0.15) is 33.6 Å². The Morgan fingerprint density at radius 3 is 2.32 bits per heavy atom. The first-order chi connectivity index (χ1) is 9.11. The summed E-state index contributed by atoms with van der Waals surface area (Å²) in [5.74, 6) is 1.19. The summed E-state index contributed by atoms with van der Waals surface area (Å²) in [6.07, 6.45) is 2.36. The SMILES string of the molecule is CC[NH+]1CC[NH+]([C@H](C)C(=O)N2CCC(C)CC2)CC1. The first-order valence-corrected chi connectivity index (χ1v) is 8.08. The molecule has 2 aliphatic rings. The Balaban J connectivity index is 1.82. The molecular weight excluding hydrogens is 238 g/mol. The standard InChI is InChI=1S/C15H29N3O/c1-4-16-9-11-17(12-10-16)14(3)15(19)18-7-5-13(2)6-8-18/h13-14H,4-12H2,1-3H3/p+2/t14-/m1/s1. The van der Waals surface area contributed by atoms with E-state index in [2.05, 4.69) is 25.7 Å². The molecule has 0 saturated carbocycles. The first-order valence-electron chi connectivity index (χ1n) is 8.08. The second-order valence-electron chi connectivity index (χ2n) is 6.49. The highest BCUT2D eigenvalue weighted by Gasteiger charge is 2.33. The molecule has 0 aromatic heterocycles. The molecular formula is C15H31N3O+2. The molecule has 2 N–H and O–H groups in total. The van der Waals surface area contributed by atoms with Crippen molar-refractivity contribution in [1.82, 2.24) is 4.90 Å². The number of nitrogens with zero attached hydrogens (tertiary/aromatic N) is 1. The van der Waals surface area contributed by atoms with Gasteiger partial charge in [0.05, 0.1) is 6.54 Å². The number of carbonyl (C=O) groups is 1. The third-order valence-corrected chi connectivity index (χ3v) is 5.18. The van der Waals surface area contributed by atoms with Crippen LogP contribution in [0.15, 0.2) is 0 Å². The summed E-state index contributed by atoms with van der Waals surface area (Å²) in [6, 6.07) is 0.159. The molecule has 1 atom stereocenters. The minimum Gasteiger partial charge on any atom is -0.338 e. The molecule has 1 amide bonds. The molecule has 2 fully saturated rings. The smallest absolute Gasteiger partial charge is 0.280 e. The van der Waals surface area contributed by atoms with Crippen molar-refractivity contribution in [2.45, 2.75) is 39.7 Å². The van der Waals surface area contributed by atoms with Crippen LogP contribution in [0.2, 0.25) is 0 Å². The van der Waals surface area contributed by atoms with Crippen LogP contribution in [0.4, 0.5) is 0 Å². The summed E-state index contributed by atoms with van der Waals surface area (Å²) < 4.78 is 0. The monoisotopic (exact) mass is 269 g/mol. The molecule has 2 saturated heterocycles. The summed E-state index contributed by atoms with van der Waals surface area (Å²) in [4.78, 5) is 17.9. The van der Waals surface area contributed by atoms with Crippen molar-refractivity contribution in [3.8, 4) is 0 Å². The van der Waals surface area contributed by atoms with Gasteiger partial charge >= 0.3 is 0 Å². The first kappa shape index (κ1) is 14.8. The van der Waals surface area contributed by atoms with E-state index in [1.807, 2.05) is 0 Å². The van der Waals surface area contributed by atoms with Gasteiger partial charge < -0.3 is 14.7 Å². The topological polar surface area (TPSA) is 29.2 Å². The van der Waals surface area contributed by atoms with E-state index in [-0.39, 0.29) is 6.04 Å². The van der Waals surface area contributed by atoms with E-state index in [9.17, 15) is 4.79 Å². The molecule has 4 nitrogen and oxygen atoms in total. The van der Waals surface area contributed by atoms with Crippen molar-refractivity contribution in [1.29, 1.82) is 0 Å². The molecule has 19 heavy (non-hydrogen) atoms. The van der Waals surface area contributed by atoms with Crippen molar-refractivity contribution in [3.63, 3.8) is 0 Å². The highest BCUT2D eigenvalue weighted by Crippen LogP contribution is 2.16. The molecule has 2 heterocycles. The zero-order valence-corrected chi connectivity index (χ0v) is 12.9. The highest BCUT2D eigenvalue weighted by atomic mass is 16.2. The van der Waals surface area contributed by atoms with Crippen molar-refractivity contribution in [2.24, 2.45) is 5.92 Å².